The van der Waals surface area contributed by atoms with E-state index >= 15 is 0 Å². The van der Waals surface area contributed by atoms with Crippen molar-refractivity contribution in [3.05, 3.63) is 70.4 Å². The van der Waals surface area contributed by atoms with Crippen LogP contribution in [0, 0.1) is 6.92 Å². The van der Waals surface area contributed by atoms with Crippen LogP contribution in [0.15, 0.2) is 52.7 Å². The lowest BCUT2D eigenvalue weighted by atomic mass is 10.1. The Morgan fingerprint density at radius 1 is 1.16 bits per heavy atom. The second-order valence-electron chi connectivity index (χ2n) is 8.98. The molecule has 1 aromatic heterocycles. The molecular weight excluding hydrogens is 548 g/mol. The van der Waals surface area contributed by atoms with Gasteiger partial charge in [0.15, 0.2) is 9.34 Å². The van der Waals surface area contributed by atoms with Gasteiger partial charge in [-0.3, -0.25) is 9.69 Å². The van der Waals surface area contributed by atoms with Crippen LogP contribution < -0.4 is 10.1 Å². The van der Waals surface area contributed by atoms with Crippen LogP contribution in [-0.4, -0.2) is 68.3 Å². The summed E-state index contributed by atoms with van der Waals surface area (Å²) in [6, 6.07) is 15.4. The summed E-state index contributed by atoms with van der Waals surface area (Å²) in [5, 5.41) is 3.50. The molecule has 3 aromatic rings. The highest BCUT2D eigenvalue weighted by Gasteiger charge is 2.33. The maximum atomic E-state index is 13.3. The molecule has 204 valence electrons. The van der Waals surface area contributed by atoms with Crippen molar-refractivity contribution in [2.75, 3.05) is 45.2 Å². The molecule has 1 aliphatic rings. The first kappa shape index (κ1) is 28.5. The smallest absolute Gasteiger partial charge is 0.254 e. The van der Waals surface area contributed by atoms with Crippen molar-refractivity contribution in [2.45, 2.75) is 30.8 Å². The van der Waals surface area contributed by atoms with Crippen LogP contribution in [0.25, 0.3) is 0 Å². The summed E-state index contributed by atoms with van der Waals surface area (Å²) in [4.78, 5) is 17.8. The van der Waals surface area contributed by atoms with Gasteiger partial charge < -0.3 is 14.8 Å². The van der Waals surface area contributed by atoms with E-state index in [0.717, 1.165) is 28.2 Å². The van der Waals surface area contributed by atoms with Gasteiger partial charge in [0.1, 0.15) is 5.75 Å². The number of rotatable bonds is 10. The minimum atomic E-state index is -3.72. The first-order valence-electron chi connectivity index (χ1n) is 12.1. The zero-order valence-electron chi connectivity index (χ0n) is 21.5. The van der Waals surface area contributed by atoms with Gasteiger partial charge in [0.05, 0.1) is 25.5 Å². The van der Waals surface area contributed by atoms with E-state index in [1.165, 1.54) is 11.2 Å². The van der Waals surface area contributed by atoms with E-state index in [0.29, 0.717) is 50.0 Å². The lowest BCUT2D eigenvalue weighted by Gasteiger charge is -2.35. The third-order valence-corrected chi connectivity index (χ3v) is 10.0. The highest BCUT2D eigenvalue weighted by Crippen LogP contribution is 2.31. The number of amides is 1. The van der Waals surface area contributed by atoms with Crippen LogP contribution in [0.1, 0.15) is 29.8 Å². The van der Waals surface area contributed by atoms with Crippen molar-refractivity contribution < 1.29 is 22.7 Å². The Labute approximate surface area is 232 Å². The number of piperazine rings is 1. The Balaban J connectivity index is 1.42. The van der Waals surface area contributed by atoms with E-state index in [1.54, 1.807) is 14.0 Å². The summed E-state index contributed by atoms with van der Waals surface area (Å²) >= 11 is 7.09. The van der Waals surface area contributed by atoms with E-state index < -0.39 is 10.0 Å². The van der Waals surface area contributed by atoms with Gasteiger partial charge in [-0.1, -0.05) is 47.2 Å². The first-order valence-corrected chi connectivity index (χ1v) is 14.8. The summed E-state index contributed by atoms with van der Waals surface area (Å²) in [5.41, 5.74) is 2.38. The molecular formula is C26H31ClN4O5S2. The van der Waals surface area contributed by atoms with Crippen molar-refractivity contribution in [3.63, 3.8) is 0 Å². The van der Waals surface area contributed by atoms with Crippen molar-refractivity contribution in [3.8, 4) is 5.75 Å². The average molecular weight is 579 g/mol. The van der Waals surface area contributed by atoms with Crippen molar-refractivity contribution in [2.24, 2.45) is 0 Å². The minimum Gasteiger partial charge on any atom is -0.497 e. The predicted octanol–water partition coefficient (Wildman–Crippen LogP) is 4.34. The minimum absolute atomic E-state index is 0.162. The molecule has 0 aliphatic carbocycles. The Morgan fingerprint density at radius 3 is 2.53 bits per heavy atom. The molecule has 1 atom stereocenters. The van der Waals surface area contributed by atoms with Gasteiger partial charge in [0.25, 0.3) is 10.0 Å². The molecule has 1 amide bonds. The normalized spacial score (nSPS) is 15.8. The summed E-state index contributed by atoms with van der Waals surface area (Å²) < 4.78 is 40.0. The van der Waals surface area contributed by atoms with Gasteiger partial charge in [-0.2, -0.15) is 4.31 Å². The topological polar surface area (TPSA) is 101 Å². The van der Waals surface area contributed by atoms with E-state index in [9.17, 15) is 13.2 Å². The standard InChI is InChI=1S/C26H31ClN4O5S2/c1-18-25(37-26(28-18)29-19(2)32)38(33,34)31-13-11-30(12-14-31)16-24(21-7-9-22(27)10-8-21)36-17-20-5-4-6-23(15-20)35-3/h4-10,15,24H,11-14,16-17H2,1-3H3,(H,28,29,32)/t24-/m0/s1. The van der Waals surface area contributed by atoms with Crippen molar-refractivity contribution in [1.29, 1.82) is 0 Å². The Morgan fingerprint density at radius 2 is 1.87 bits per heavy atom. The number of hydrogen-bond acceptors (Lipinski definition) is 8. The molecule has 1 aliphatic heterocycles. The third kappa shape index (κ3) is 7.10. The first-order chi connectivity index (χ1) is 18.2. The maximum Gasteiger partial charge on any atom is 0.254 e. The highest BCUT2D eigenvalue weighted by molar-refractivity contribution is 7.91. The number of thiazole rings is 1. The van der Waals surface area contributed by atoms with Gasteiger partial charge in [-0.05, 0) is 42.3 Å². The summed E-state index contributed by atoms with van der Waals surface area (Å²) in [6.45, 7) is 5.82. The zero-order chi connectivity index (χ0) is 27.3. The summed E-state index contributed by atoms with van der Waals surface area (Å²) in [6.07, 6.45) is -0.231. The van der Waals surface area contributed by atoms with Crippen LogP contribution >= 0.6 is 22.9 Å². The molecule has 2 heterocycles. The molecule has 0 bridgehead atoms. The SMILES string of the molecule is COc1cccc(CO[C@@H](CN2CCN(S(=O)(=O)c3sc(NC(C)=O)nc3C)CC2)c2ccc(Cl)cc2)c1. The molecule has 12 heteroatoms. The molecule has 38 heavy (non-hydrogen) atoms. The fraction of sp³-hybridized carbons (Fsp3) is 0.385. The van der Waals surface area contributed by atoms with Gasteiger partial charge in [-0.15, -0.1) is 0 Å². The molecule has 0 saturated carbocycles. The quantitative estimate of drug-likeness (QED) is 0.382. The molecule has 0 unspecified atom stereocenters. The second kappa shape index (κ2) is 12.5. The third-order valence-electron chi connectivity index (χ3n) is 6.19. The summed E-state index contributed by atoms with van der Waals surface area (Å²) in [7, 11) is -2.08. The number of ether oxygens (including phenoxy) is 2. The van der Waals surface area contributed by atoms with Crippen LogP contribution in [-0.2, 0) is 26.2 Å². The number of aromatic nitrogens is 1. The molecule has 1 N–H and O–H groups in total. The molecule has 0 radical (unpaired) electrons. The number of methoxy groups -OCH3 is 1. The average Bonchev–Trinajstić information content (AvgIpc) is 3.27. The molecule has 4 rings (SSSR count). The number of anilines is 1. The van der Waals surface area contributed by atoms with E-state index in [-0.39, 0.29) is 21.4 Å². The van der Waals surface area contributed by atoms with E-state index in [2.05, 4.69) is 15.2 Å². The van der Waals surface area contributed by atoms with Crippen LogP contribution in [0.5, 0.6) is 5.75 Å². The number of hydrogen-bond donors (Lipinski definition) is 1. The Hall–Kier alpha value is -2.54. The number of aryl methyl sites for hydroxylation is 1. The summed E-state index contributed by atoms with van der Waals surface area (Å²) in [5.74, 6) is 0.479. The fourth-order valence-electron chi connectivity index (χ4n) is 4.22. The van der Waals surface area contributed by atoms with Gasteiger partial charge in [0, 0.05) is 44.7 Å². The number of nitrogens with one attached hydrogen (secondary N) is 1. The molecule has 1 saturated heterocycles. The van der Waals surface area contributed by atoms with Crippen LogP contribution in [0.4, 0.5) is 5.13 Å². The Kier molecular flexibility index (Phi) is 9.40. The van der Waals surface area contributed by atoms with Crippen LogP contribution in [0.2, 0.25) is 5.02 Å². The molecule has 1 fully saturated rings. The number of nitrogens with zero attached hydrogens (tertiary/aromatic N) is 3. The number of sulfonamides is 1. The highest BCUT2D eigenvalue weighted by atomic mass is 35.5. The largest absolute Gasteiger partial charge is 0.497 e. The number of carbonyl (C=O) groups is 1. The number of benzene rings is 2. The lowest BCUT2D eigenvalue weighted by molar-refractivity contribution is -0.114. The van der Waals surface area contributed by atoms with Gasteiger partial charge in [-0.25, -0.2) is 13.4 Å². The maximum absolute atomic E-state index is 13.3. The number of halogens is 1. The van der Waals surface area contributed by atoms with Gasteiger partial charge >= 0.3 is 0 Å². The predicted molar refractivity (Wildman–Crippen MR) is 148 cm³/mol. The van der Waals surface area contributed by atoms with E-state index in [1.807, 2.05) is 48.5 Å². The second-order valence-corrected chi connectivity index (χ2v) is 12.5. The molecule has 0 spiro atoms. The van der Waals surface area contributed by atoms with Crippen LogP contribution in [0.3, 0.4) is 0 Å². The monoisotopic (exact) mass is 578 g/mol. The van der Waals surface area contributed by atoms with Crippen molar-refractivity contribution in [1.82, 2.24) is 14.2 Å². The Bertz CT molecular complexity index is 1360. The molecule has 9 nitrogen and oxygen atoms in total. The fourth-order valence-corrected chi connectivity index (χ4v) is 7.36. The number of carbonyl (C=O) groups excluding carboxylic acids is 1. The lowest BCUT2D eigenvalue weighted by Crippen LogP contribution is -2.49. The molecule has 2 aromatic carbocycles. The van der Waals surface area contributed by atoms with Crippen molar-refractivity contribution >= 4 is 44.0 Å². The van der Waals surface area contributed by atoms with Gasteiger partial charge in [0.2, 0.25) is 5.91 Å². The van der Waals surface area contributed by atoms with E-state index in [4.69, 9.17) is 21.1 Å². The zero-order valence-corrected chi connectivity index (χ0v) is 23.9.